The number of carbonyl (C=O) groups excluding carboxylic acids is 1. The van der Waals surface area contributed by atoms with E-state index in [-0.39, 0.29) is 22.7 Å². The fourth-order valence-electron chi connectivity index (χ4n) is 2.16. The van der Waals surface area contributed by atoms with Crippen LogP contribution < -0.4 is 5.32 Å². The Kier molecular flexibility index (Phi) is 5.41. The van der Waals surface area contributed by atoms with Crippen LogP contribution >= 0.6 is 11.6 Å². The van der Waals surface area contributed by atoms with Crippen LogP contribution in [0.1, 0.15) is 35.4 Å². The lowest BCUT2D eigenvalue weighted by atomic mass is 10.0. The van der Waals surface area contributed by atoms with Crippen molar-refractivity contribution in [2.45, 2.75) is 25.5 Å². The van der Waals surface area contributed by atoms with Crippen LogP contribution in [0.4, 0.5) is 0 Å². The largest absolute Gasteiger partial charge is 0.506 e. The van der Waals surface area contributed by atoms with E-state index < -0.39 is 6.10 Å². The highest BCUT2D eigenvalue weighted by Crippen LogP contribution is 2.24. The molecule has 1 amide bonds. The molecule has 2 aromatic rings. The van der Waals surface area contributed by atoms with Gasteiger partial charge in [-0.25, -0.2) is 0 Å². The standard InChI is InChI=1S/C17H18ClNO3/c1-11(9-16(21)12-5-3-2-4-6-12)19-17(22)13-7-8-15(20)14(18)10-13/h2-8,10-11,16,20-21H,9H2,1H3,(H,19,22). The molecule has 2 atom stereocenters. The predicted molar refractivity (Wildman–Crippen MR) is 86.1 cm³/mol. The second-order valence-electron chi connectivity index (χ2n) is 5.20. The van der Waals surface area contributed by atoms with Crippen LogP contribution in [0, 0.1) is 0 Å². The molecule has 22 heavy (non-hydrogen) atoms. The van der Waals surface area contributed by atoms with Crippen molar-refractivity contribution in [3.8, 4) is 5.75 Å². The summed E-state index contributed by atoms with van der Waals surface area (Å²) < 4.78 is 0. The highest BCUT2D eigenvalue weighted by atomic mass is 35.5. The summed E-state index contributed by atoms with van der Waals surface area (Å²) in [6, 6.07) is 13.4. The van der Waals surface area contributed by atoms with Crippen molar-refractivity contribution in [1.29, 1.82) is 0 Å². The first-order chi connectivity index (χ1) is 10.5. The summed E-state index contributed by atoms with van der Waals surface area (Å²) in [5.41, 5.74) is 1.18. The number of hydrogen-bond acceptors (Lipinski definition) is 3. The van der Waals surface area contributed by atoms with E-state index in [4.69, 9.17) is 11.6 Å². The van der Waals surface area contributed by atoms with Crippen LogP contribution in [-0.4, -0.2) is 22.2 Å². The summed E-state index contributed by atoms with van der Waals surface area (Å²) >= 11 is 5.79. The van der Waals surface area contributed by atoms with E-state index in [0.717, 1.165) is 5.56 Å². The van der Waals surface area contributed by atoms with Gasteiger partial charge in [0.05, 0.1) is 11.1 Å². The quantitative estimate of drug-likeness (QED) is 0.792. The topological polar surface area (TPSA) is 69.6 Å². The van der Waals surface area contributed by atoms with Crippen LogP contribution in [-0.2, 0) is 0 Å². The number of phenols is 1. The van der Waals surface area contributed by atoms with E-state index in [2.05, 4.69) is 5.32 Å². The SMILES string of the molecule is CC(CC(O)c1ccccc1)NC(=O)c1ccc(O)c(Cl)c1. The molecule has 0 aliphatic carbocycles. The summed E-state index contributed by atoms with van der Waals surface area (Å²) in [5, 5.41) is 22.4. The Balaban J connectivity index is 1.95. The van der Waals surface area contributed by atoms with Gasteiger partial charge in [-0.2, -0.15) is 0 Å². The third-order valence-electron chi connectivity index (χ3n) is 3.35. The monoisotopic (exact) mass is 319 g/mol. The molecule has 2 rings (SSSR count). The van der Waals surface area contributed by atoms with Gasteiger partial charge < -0.3 is 15.5 Å². The minimum Gasteiger partial charge on any atom is -0.506 e. The molecular formula is C17H18ClNO3. The van der Waals surface area contributed by atoms with Gasteiger partial charge in [-0.05, 0) is 37.1 Å². The Labute approximate surface area is 134 Å². The molecule has 0 aliphatic rings. The number of benzene rings is 2. The van der Waals surface area contributed by atoms with E-state index in [1.807, 2.05) is 37.3 Å². The maximum atomic E-state index is 12.1. The Morgan fingerprint density at radius 1 is 1.23 bits per heavy atom. The molecule has 0 saturated heterocycles. The third kappa shape index (κ3) is 4.23. The molecule has 0 heterocycles. The van der Waals surface area contributed by atoms with Crippen molar-refractivity contribution in [3.05, 3.63) is 64.7 Å². The van der Waals surface area contributed by atoms with E-state index in [0.29, 0.717) is 12.0 Å². The molecule has 3 N–H and O–H groups in total. The first-order valence-corrected chi connectivity index (χ1v) is 7.37. The van der Waals surface area contributed by atoms with Gasteiger partial charge in [0.1, 0.15) is 5.75 Å². The minimum atomic E-state index is -0.639. The van der Waals surface area contributed by atoms with Gasteiger partial charge in [-0.1, -0.05) is 41.9 Å². The van der Waals surface area contributed by atoms with E-state index in [1.54, 1.807) is 0 Å². The van der Waals surface area contributed by atoms with Gasteiger partial charge >= 0.3 is 0 Å². The number of rotatable bonds is 5. The second kappa shape index (κ2) is 7.29. The highest BCUT2D eigenvalue weighted by Gasteiger charge is 2.15. The Hall–Kier alpha value is -2.04. The van der Waals surface area contributed by atoms with Gasteiger partial charge in [0.2, 0.25) is 0 Å². The molecule has 0 fully saturated rings. The molecule has 0 bridgehead atoms. The molecule has 2 aromatic carbocycles. The first-order valence-electron chi connectivity index (χ1n) is 6.99. The lowest BCUT2D eigenvalue weighted by Gasteiger charge is -2.18. The zero-order valence-corrected chi connectivity index (χ0v) is 12.9. The number of halogens is 1. The molecule has 0 saturated carbocycles. The zero-order valence-electron chi connectivity index (χ0n) is 12.2. The van der Waals surface area contributed by atoms with E-state index >= 15 is 0 Å². The fraction of sp³-hybridized carbons (Fsp3) is 0.235. The fourth-order valence-corrected chi connectivity index (χ4v) is 2.34. The maximum Gasteiger partial charge on any atom is 0.251 e. The average molecular weight is 320 g/mol. The molecule has 0 spiro atoms. The van der Waals surface area contributed by atoms with Crippen LogP contribution in [0.15, 0.2) is 48.5 Å². The van der Waals surface area contributed by atoms with Gasteiger partial charge in [0, 0.05) is 11.6 Å². The highest BCUT2D eigenvalue weighted by molar-refractivity contribution is 6.32. The summed E-state index contributed by atoms with van der Waals surface area (Å²) in [6.07, 6.45) is -0.235. The number of phenolic OH excluding ortho intramolecular Hbond substituents is 1. The van der Waals surface area contributed by atoms with Gasteiger partial charge in [0.15, 0.2) is 0 Å². The smallest absolute Gasteiger partial charge is 0.251 e. The van der Waals surface area contributed by atoms with Crippen molar-refractivity contribution in [3.63, 3.8) is 0 Å². The first kappa shape index (κ1) is 16.3. The molecule has 5 heteroatoms. The number of nitrogens with one attached hydrogen (secondary N) is 1. The number of carbonyl (C=O) groups is 1. The molecule has 4 nitrogen and oxygen atoms in total. The van der Waals surface area contributed by atoms with Gasteiger partial charge in [-0.15, -0.1) is 0 Å². The second-order valence-corrected chi connectivity index (χ2v) is 5.61. The normalized spacial score (nSPS) is 13.4. The summed E-state index contributed by atoms with van der Waals surface area (Å²) in [6.45, 7) is 1.83. The van der Waals surface area contributed by atoms with E-state index in [1.165, 1.54) is 18.2 Å². The lowest BCUT2D eigenvalue weighted by molar-refractivity contribution is 0.0917. The summed E-state index contributed by atoms with van der Waals surface area (Å²) in [5.74, 6) is -0.361. The third-order valence-corrected chi connectivity index (χ3v) is 3.65. The molecule has 0 aliphatic heterocycles. The Morgan fingerprint density at radius 3 is 2.55 bits per heavy atom. The molecule has 2 unspecified atom stereocenters. The Morgan fingerprint density at radius 2 is 1.91 bits per heavy atom. The molecular weight excluding hydrogens is 302 g/mol. The maximum absolute atomic E-state index is 12.1. The average Bonchev–Trinajstić information content (AvgIpc) is 2.50. The van der Waals surface area contributed by atoms with Crippen LogP contribution in [0.5, 0.6) is 5.75 Å². The van der Waals surface area contributed by atoms with Crippen molar-refractivity contribution in [1.82, 2.24) is 5.32 Å². The molecule has 0 radical (unpaired) electrons. The van der Waals surface area contributed by atoms with Crippen LogP contribution in [0.3, 0.4) is 0 Å². The van der Waals surface area contributed by atoms with Gasteiger partial charge in [0.25, 0.3) is 5.91 Å². The van der Waals surface area contributed by atoms with Crippen molar-refractivity contribution in [2.24, 2.45) is 0 Å². The number of amides is 1. The van der Waals surface area contributed by atoms with Crippen molar-refractivity contribution >= 4 is 17.5 Å². The van der Waals surface area contributed by atoms with Crippen LogP contribution in [0.2, 0.25) is 5.02 Å². The van der Waals surface area contributed by atoms with Crippen molar-refractivity contribution < 1.29 is 15.0 Å². The number of aromatic hydroxyl groups is 1. The van der Waals surface area contributed by atoms with Crippen molar-refractivity contribution in [2.75, 3.05) is 0 Å². The van der Waals surface area contributed by atoms with Gasteiger partial charge in [-0.3, -0.25) is 4.79 Å². The Bertz CT molecular complexity index is 646. The number of hydrogen-bond donors (Lipinski definition) is 3. The number of aliphatic hydroxyl groups excluding tert-OH is 1. The van der Waals surface area contributed by atoms with Crippen LogP contribution in [0.25, 0.3) is 0 Å². The lowest BCUT2D eigenvalue weighted by Crippen LogP contribution is -2.33. The minimum absolute atomic E-state index is 0.0641. The zero-order chi connectivity index (χ0) is 16.1. The van der Waals surface area contributed by atoms with E-state index in [9.17, 15) is 15.0 Å². The predicted octanol–water partition coefficient (Wildman–Crippen LogP) is 3.29. The summed E-state index contributed by atoms with van der Waals surface area (Å²) in [4.78, 5) is 12.1. The molecule has 0 aromatic heterocycles. The molecule has 116 valence electrons. The number of aliphatic hydroxyl groups is 1. The summed E-state index contributed by atoms with van der Waals surface area (Å²) in [7, 11) is 0.